The number of carbonyl (C=O) groups is 1. The highest BCUT2D eigenvalue weighted by Gasteiger charge is 2.56. The zero-order chi connectivity index (χ0) is 10.1. The van der Waals surface area contributed by atoms with Crippen molar-refractivity contribution in [1.82, 2.24) is 0 Å². The molecule has 3 heteroatoms. The van der Waals surface area contributed by atoms with E-state index < -0.39 is 11.8 Å². The predicted molar refractivity (Wildman–Crippen MR) is 49.0 cm³/mol. The third-order valence-electron chi connectivity index (χ3n) is 3.00. The highest BCUT2D eigenvalue weighted by atomic mass is 16.7. The van der Waals surface area contributed by atoms with E-state index in [9.17, 15) is 4.79 Å². The number of hydrogen-bond acceptors (Lipinski definition) is 3. The number of carbonyl (C=O) groups excluding carboxylic acids is 1. The summed E-state index contributed by atoms with van der Waals surface area (Å²) >= 11 is 0. The van der Waals surface area contributed by atoms with Crippen LogP contribution in [0.1, 0.15) is 27.2 Å². The maximum Gasteiger partial charge on any atom is 0.332 e. The van der Waals surface area contributed by atoms with Gasteiger partial charge in [0.15, 0.2) is 0 Å². The summed E-state index contributed by atoms with van der Waals surface area (Å²) in [6, 6.07) is 0. The van der Waals surface area contributed by atoms with Gasteiger partial charge in [-0.15, -0.1) is 0 Å². The largest absolute Gasteiger partial charge is 0.430 e. The highest BCUT2D eigenvalue weighted by molar-refractivity contribution is 5.81. The first-order chi connectivity index (χ1) is 5.97. The van der Waals surface area contributed by atoms with Crippen LogP contribution in [0.2, 0.25) is 0 Å². The van der Waals surface area contributed by atoms with E-state index in [-0.39, 0.29) is 5.41 Å². The fraction of sp³-hybridized carbons (Fsp3) is 0.700. The lowest BCUT2D eigenvalue weighted by Crippen LogP contribution is -2.61. The van der Waals surface area contributed by atoms with Gasteiger partial charge in [0, 0.05) is 13.0 Å². The van der Waals surface area contributed by atoms with Gasteiger partial charge in [0.1, 0.15) is 0 Å². The summed E-state index contributed by atoms with van der Waals surface area (Å²) in [6.07, 6.45) is 2.08. The van der Waals surface area contributed by atoms with Crippen LogP contribution in [-0.4, -0.2) is 18.4 Å². The first-order valence-corrected chi connectivity index (χ1v) is 4.47. The fourth-order valence-corrected chi connectivity index (χ4v) is 1.33. The molecule has 13 heavy (non-hydrogen) atoms. The Balaban J connectivity index is 2.67. The first kappa shape index (κ1) is 10.3. The molecule has 2 atom stereocenters. The molecule has 1 fully saturated rings. The molecule has 0 aliphatic carbocycles. The average molecular weight is 184 g/mol. The Hall–Kier alpha value is -0.830. The predicted octanol–water partition coefficient (Wildman–Crippen LogP) is 1.88. The molecule has 0 amide bonds. The van der Waals surface area contributed by atoms with Crippen LogP contribution in [0, 0.1) is 5.41 Å². The average Bonchev–Trinajstić information content (AvgIpc) is 2.14. The smallest absolute Gasteiger partial charge is 0.332 e. The third kappa shape index (κ3) is 1.48. The van der Waals surface area contributed by atoms with Crippen LogP contribution in [0.25, 0.3) is 0 Å². The molecule has 74 valence electrons. The first-order valence-electron chi connectivity index (χ1n) is 4.47. The van der Waals surface area contributed by atoms with Gasteiger partial charge in [0.25, 0.3) is 0 Å². The zero-order valence-corrected chi connectivity index (χ0v) is 8.42. The summed E-state index contributed by atoms with van der Waals surface area (Å²) in [4.78, 5) is 11.0. The van der Waals surface area contributed by atoms with Gasteiger partial charge in [0.2, 0.25) is 5.79 Å². The van der Waals surface area contributed by atoms with Crippen molar-refractivity contribution < 1.29 is 14.3 Å². The quantitative estimate of drug-likeness (QED) is 0.496. The summed E-state index contributed by atoms with van der Waals surface area (Å²) in [7, 11) is 0. The van der Waals surface area contributed by atoms with Crippen LogP contribution in [0.3, 0.4) is 0 Å². The Morgan fingerprint density at radius 1 is 1.69 bits per heavy atom. The van der Waals surface area contributed by atoms with E-state index >= 15 is 0 Å². The van der Waals surface area contributed by atoms with Gasteiger partial charge in [-0.05, 0) is 6.42 Å². The number of rotatable bonds is 3. The van der Waals surface area contributed by atoms with E-state index in [1.165, 1.54) is 0 Å². The normalized spacial score (nSPS) is 37.8. The topological polar surface area (TPSA) is 35.5 Å². The molecule has 0 saturated carbocycles. The molecule has 1 aliphatic rings. The molecule has 0 N–H and O–H groups in total. The van der Waals surface area contributed by atoms with E-state index in [0.717, 1.165) is 12.5 Å². The molecule has 0 radical (unpaired) electrons. The zero-order valence-electron chi connectivity index (χ0n) is 8.42. The Bertz CT molecular complexity index is 232. The molecule has 0 aromatic rings. The van der Waals surface area contributed by atoms with E-state index in [1.54, 1.807) is 6.92 Å². The molecule has 1 aliphatic heterocycles. The van der Waals surface area contributed by atoms with Crippen molar-refractivity contribution >= 4 is 5.97 Å². The van der Waals surface area contributed by atoms with Gasteiger partial charge >= 0.3 is 5.97 Å². The standard InChI is InChI=1S/C10H16O3/c1-5-8(11)13-10(4)9(3,6-2)7-12-10/h5H,1,6-7H2,2-4H3. The molecule has 0 aromatic carbocycles. The van der Waals surface area contributed by atoms with Gasteiger partial charge < -0.3 is 9.47 Å². The molecule has 2 unspecified atom stereocenters. The molecule has 0 bridgehead atoms. The molecule has 1 heterocycles. The van der Waals surface area contributed by atoms with Gasteiger partial charge in [-0.3, -0.25) is 0 Å². The van der Waals surface area contributed by atoms with Crippen LogP contribution in [0.5, 0.6) is 0 Å². The maximum atomic E-state index is 11.0. The monoisotopic (exact) mass is 184 g/mol. The van der Waals surface area contributed by atoms with Crippen LogP contribution in [0.15, 0.2) is 12.7 Å². The van der Waals surface area contributed by atoms with Gasteiger partial charge in [-0.1, -0.05) is 20.4 Å². The minimum absolute atomic E-state index is 0.0638. The van der Waals surface area contributed by atoms with Gasteiger partial charge in [0.05, 0.1) is 12.0 Å². The second-order valence-electron chi connectivity index (χ2n) is 3.77. The summed E-state index contributed by atoms with van der Waals surface area (Å²) in [5.74, 6) is -1.20. The van der Waals surface area contributed by atoms with Gasteiger partial charge in [-0.2, -0.15) is 0 Å². The van der Waals surface area contributed by atoms with Crippen LogP contribution < -0.4 is 0 Å². The van der Waals surface area contributed by atoms with Crippen LogP contribution in [0.4, 0.5) is 0 Å². The third-order valence-corrected chi connectivity index (χ3v) is 3.00. The van der Waals surface area contributed by atoms with E-state index in [4.69, 9.17) is 9.47 Å². The highest BCUT2D eigenvalue weighted by Crippen LogP contribution is 2.47. The summed E-state index contributed by atoms with van der Waals surface area (Å²) in [6.45, 7) is 9.89. The molecular weight excluding hydrogens is 168 g/mol. The van der Waals surface area contributed by atoms with Crippen molar-refractivity contribution in [3.05, 3.63) is 12.7 Å². The SMILES string of the molecule is C=CC(=O)OC1(C)OCC1(C)CC. The minimum Gasteiger partial charge on any atom is -0.430 e. The lowest BCUT2D eigenvalue weighted by Gasteiger charge is -2.53. The van der Waals surface area contributed by atoms with E-state index in [0.29, 0.717) is 6.61 Å². The maximum absolute atomic E-state index is 11.0. The Kier molecular flexibility index (Phi) is 2.48. The minimum atomic E-state index is -0.771. The van der Waals surface area contributed by atoms with Crippen molar-refractivity contribution in [2.75, 3.05) is 6.61 Å². The van der Waals surface area contributed by atoms with Crippen molar-refractivity contribution in [1.29, 1.82) is 0 Å². The lowest BCUT2D eigenvalue weighted by molar-refractivity contribution is -0.361. The summed E-state index contributed by atoms with van der Waals surface area (Å²) in [5.41, 5.74) is -0.0638. The lowest BCUT2D eigenvalue weighted by atomic mass is 9.75. The number of esters is 1. The molecule has 0 aromatic heterocycles. The van der Waals surface area contributed by atoms with Crippen molar-refractivity contribution in [3.63, 3.8) is 0 Å². The summed E-state index contributed by atoms with van der Waals surface area (Å²) in [5, 5.41) is 0. The van der Waals surface area contributed by atoms with Crippen LogP contribution in [-0.2, 0) is 14.3 Å². The molecule has 3 nitrogen and oxygen atoms in total. The molecule has 0 spiro atoms. The number of hydrogen-bond donors (Lipinski definition) is 0. The summed E-state index contributed by atoms with van der Waals surface area (Å²) < 4.78 is 10.5. The van der Waals surface area contributed by atoms with Crippen molar-refractivity contribution in [2.45, 2.75) is 33.0 Å². The van der Waals surface area contributed by atoms with Crippen molar-refractivity contribution in [2.24, 2.45) is 5.41 Å². The number of ether oxygens (including phenoxy) is 2. The van der Waals surface area contributed by atoms with E-state index in [1.807, 2.05) is 6.92 Å². The Morgan fingerprint density at radius 3 is 2.62 bits per heavy atom. The van der Waals surface area contributed by atoms with Crippen LogP contribution >= 0.6 is 0 Å². The molecular formula is C10H16O3. The van der Waals surface area contributed by atoms with Gasteiger partial charge in [-0.25, -0.2) is 4.79 Å². The fourth-order valence-electron chi connectivity index (χ4n) is 1.33. The second-order valence-corrected chi connectivity index (χ2v) is 3.77. The Morgan fingerprint density at radius 2 is 2.31 bits per heavy atom. The van der Waals surface area contributed by atoms with Crippen molar-refractivity contribution in [3.8, 4) is 0 Å². The molecule has 1 rings (SSSR count). The second kappa shape index (κ2) is 3.14. The van der Waals surface area contributed by atoms with E-state index in [2.05, 4.69) is 13.5 Å². The molecule has 1 saturated heterocycles. The Labute approximate surface area is 78.7 Å².